The molecular weight excluding hydrogens is 616 g/mol. The lowest BCUT2D eigenvalue weighted by Gasteiger charge is -2.38. The molecule has 0 spiro atoms. The van der Waals surface area contributed by atoms with Crippen LogP contribution in [0, 0.1) is 5.92 Å². The van der Waals surface area contributed by atoms with Gasteiger partial charge in [-0.1, -0.05) is 61.0 Å². The fourth-order valence-electron chi connectivity index (χ4n) is 5.31. The van der Waals surface area contributed by atoms with Crippen LogP contribution in [0.1, 0.15) is 24.2 Å². The van der Waals surface area contributed by atoms with Crippen molar-refractivity contribution < 1.29 is 27.9 Å². The van der Waals surface area contributed by atoms with E-state index in [1.807, 2.05) is 43.3 Å². The van der Waals surface area contributed by atoms with Crippen LogP contribution in [0.2, 0.25) is 5.02 Å². The van der Waals surface area contributed by atoms with Crippen LogP contribution in [-0.4, -0.2) is 73.6 Å². The van der Waals surface area contributed by atoms with Gasteiger partial charge in [-0.05, 0) is 54.8 Å². The van der Waals surface area contributed by atoms with E-state index in [0.29, 0.717) is 10.7 Å². The number of ether oxygens (including phenoxy) is 1. The van der Waals surface area contributed by atoms with E-state index in [4.69, 9.17) is 16.3 Å². The highest BCUT2D eigenvalue weighted by Crippen LogP contribution is 2.35. The number of carbonyl (C=O) groups is 2. The van der Waals surface area contributed by atoms with Crippen molar-refractivity contribution in [2.24, 2.45) is 5.92 Å². The largest absolute Gasteiger partial charge is 0.486 e. The van der Waals surface area contributed by atoms with Crippen LogP contribution in [0.25, 0.3) is 10.8 Å². The van der Waals surface area contributed by atoms with Crippen molar-refractivity contribution in [1.82, 2.24) is 9.21 Å². The molecule has 5 rings (SSSR count). The zero-order valence-electron chi connectivity index (χ0n) is 25.1. The second kappa shape index (κ2) is 13.5. The van der Waals surface area contributed by atoms with Gasteiger partial charge in [0.2, 0.25) is 10.0 Å². The second-order valence-corrected chi connectivity index (χ2v) is 13.6. The smallest absolute Gasteiger partial charge is 0.323 e. The SMILES string of the molecule is C[C@@H]1CN([C@@H](C)CO)C(=O)c2cccc(NC(=O)Nc3cccc4ccccc34)c2O[C@H]1CN(C)S(=O)(=O)c1ccc(Cl)cc1. The first-order chi connectivity index (χ1) is 21.5. The molecule has 12 heteroatoms. The van der Waals surface area contributed by atoms with E-state index < -0.39 is 28.2 Å². The number of hydrogen-bond donors (Lipinski definition) is 3. The Hall–Kier alpha value is -4.16. The number of nitrogens with zero attached hydrogens (tertiary/aromatic N) is 2. The van der Waals surface area contributed by atoms with Gasteiger partial charge in [0.15, 0.2) is 5.75 Å². The summed E-state index contributed by atoms with van der Waals surface area (Å²) in [7, 11) is -2.45. The summed E-state index contributed by atoms with van der Waals surface area (Å²) in [4.78, 5) is 28.7. The Kier molecular flexibility index (Phi) is 9.64. The number of aliphatic hydroxyl groups is 1. The van der Waals surface area contributed by atoms with Gasteiger partial charge in [0, 0.05) is 29.9 Å². The standard InChI is InChI=1S/C33H35ClN4O6S/c1-21-18-38(22(2)20-39)32(40)27-11-7-13-29(36-33(41)35-28-12-6-9-23-8-4-5-10-26(23)28)31(27)44-30(21)19-37(3)45(42,43)25-16-14-24(34)15-17-25/h4-17,21-22,30,39H,18-20H2,1-3H3,(H2,35,36,41)/t21-,22+,30+/m1/s1. The van der Waals surface area contributed by atoms with Crippen LogP contribution in [0.3, 0.4) is 0 Å². The van der Waals surface area contributed by atoms with Crippen LogP contribution in [-0.2, 0) is 10.0 Å². The monoisotopic (exact) mass is 650 g/mol. The molecule has 3 amide bonds. The third-order valence-corrected chi connectivity index (χ3v) is 10.0. The maximum absolute atomic E-state index is 13.8. The van der Waals surface area contributed by atoms with Crippen molar-refractivity contribution in [2.75, 3.05) is 37.4 Å². The normalized spacial score (nSPS) is 17.6. The summed E-state index contributed by atoms with van der Waals surface area (Å²) >= 11 is 5.97. The average molecular weight is 651 g/mol. The Labute approximate surface area is 267 Å². The predicted molar refractivity (Wildman–Crippen MR) is 175 cm³/mol. The number of fused-ring (bicyclic) bond motifs is 2. The molecule has 0 unspecified atom stereocenters. The number of nitrogens with one attached hydrogen (secondary N) is 2. The summed E-state index contributed by atoms with van der Waals surface area (Å²) in [5.41, 5.74) is 1.01. The molecule has 0 aromatic heterocycles. The van der Waals surface area contributed by atoms with Crippen LogP contribution >= 0.6 is 11.6 Å². The number of benzene rings is 4. The number of aliphatic hydroxyl groups excluding tert-OH is 1. The molecule has 0 aliphatic carbocycles. The molecule has 0 fully saturated rings. The Balaban J connectivity index is 1.48. The molecule has 1 aliphatic rings. The van der Waals surface area contributed by atoms with Gasteiger partial charge in [-0.3, -0.25) is 4.79 Å². The van der Waals surface area contributed by atoms with Gasteiger partial charge in [0.05, 0.1) is 41.0 Å². The van der Waals surface area contributed by atoms with E-state index in [1.54, 1.807) is 36.1 Å². The van der Waals surface area contributed by atoms with Crippen LogP contribution in [0.4, 0.5) is 16.2 Å². The molecule has 0 saturated heterocycles. The third-order valence-electron chi connectivity index (χ3n) is 7.94. The molecule has 45 heavy (non-hydrogen) atoms. The lowest BCUT2D eigenvalue weighted by molar-refractivity contribution is 0.0389. The molecule has 0 saturated carbocycles. The van der Waals surface area contributed by atoms with Crippen LogP contribution in [0.15, 0.2) is 89.8 Å². The summed E-state index contributed by atoms with van der Waals surface area (Å²) in [6, 6.07) is 22.9. The fraction of sp³-hybridized carbons (Fsp3) is 0.273. The third kappa shape index (κ3) is 6.91. The Bertz CT molecular complexity index is 1810. The van der Waals surface area contributed by atoms with Gasteiger partial charge >= 0.3 is 6.03 Å². The zero-order chi connectivity index (χ0) is 32.3. The molecular formula is C33H35ClN4O6S. The number of amides is 3. The quantitative estimate of drug-likeness (QED) is 0.225. The highest BCUT2D eigenvalue weighted by molar-refractivity contribution is 7.89. The first-order valence-electron chi connectivity index (χ1n) is 14.5. The minimum Gasteiger partial charge on any atom is -0.486 e. The molecule has 0 radical (unpaired) electrons. The number of para-hydroxylation sites is 1. The molecule has 1 aliphatic heterocycles. The number of sulfonamides is 1. The maximum atomic E-state index is 13.8. The van der Waals surface area contributed by atoms with E-state index in [9.17, 15) is 23.1 Å². The molecule has 4 aromatic carbocycles. The van der Waals surface area contributed by atoms with Crippen molar-refractivity contribution >= 4 is 55.7 Å². The lowest BCUT2D eigenvalue weighted by Crippen LogP contribution is -2.50. The molecule has 3 atom stereocenters. The van der Waals surface area contributed by atoms with Crippen molar-refractivity contribution in [1.29, 1.82) is 0 Å². The van der Waals surface area contributed by atoms with Crippen molar-refractivity contribution in [3.05, 3.63) is 95.5 Å². The number of anilines is 2. The number of hydrogen-bond acceptors (Lipinski definition) is 6. The highest BCUT2D eigenvalue weighted by atomic mass is 35.5. The lowest BCUT2D eigenvalue weighted by atomic mass is 9.99. The Morgan fingerprint density at radius 1 is 1.02 bits per heavy atom. The van der Waals surface area contributed by atoms with E-state index >= 15 is 0 Å². The Morgan fingerprint density at radius 3 is 2.40 bits per heavy atom. The molecule has 10 nitrogen and oxygen atoms in total. The summed E-state index contributed by atoms with van der Waals surface area (Å²) in [6.45, 7) is 3.47. The fourth-order valence-corrected chi connectivity index (χ4v) is 6.62. The molecule has 0 bridgehead atoms. The predicted octanol–water partition coefficient (Wildman–Crippen LogP) is 5.68. The van der Waals surface area contributed by atoms with E-state index in [0.717, 1.165) is 10.8 Å². The van der Waals surface area contributed by atoms with Crippen molar-refractivity contribution in [3.8, 4) is 5.75 Å². The van der Waals surface area contributed by atoms with Crippen LogP contribution in [0.5, 0.6) is 5.75 Å². The number of likely N-dealkylation sites (N-methyl/N-ethyl adjacent to an activating group) is 1. The van der Waals surface area contributed by atoms with E-state index in [2.05, 4.69) is 10.6 Å². The number of urea groups is 1. The topological polar surface area (TPSA) is 128 Å². The summed E-state index contributed by atoms with van der Waals surface area (Å²) in [5, 5.41) is 17.9. The minimum atomic E-state index is -3.91. The average Bonchev–Trinajstić information content (AvgIpc) is 3.03. The summed E-state index contributed by atoms with van der Waals surface area (Å²) in [6.07, 6.45) is -0.735. The number of halogens is 1. The van der Waals surface area contributed by atoms with Gasteiger partial charge < -0.3 is 25.4 Å². The molecule has 3 N–H and O–H groups in total. The van der Waals surface area contributed by atoms with Gasteiger partial charge in [0.25, 0.3) is 5.91 Å². The van der Waals surface area contributed by atoms with Gasteiger partial charge in [-0.15, -0.1) is 0 Å². The van der Waals surface area contributed by atoms with Gasteiger partial charge in [-0.25, -0.2) is 13.2 Å². The maximum Gasteiger partial charge on any atom is 0.323 e. The Morgan fingerprint density at radius 2 is 1.67 bits per heavy atom. The number of rotatable bonds is 8. The number of carbonyl (C=O) groups excluding carboxylic acids is 2. The molecule has 236 valence electrons. The van der Waals surface area contributed by atoms with E-state index in [1.165, 1.54) is 35.6 Å². The van der Waals surface area contributed by atoms with Gasteiger partial charge in [-0.2, -0.15) is 4.31 Å². The second-order valence-electron chi connectivity index (χ2n) is 11.2. The molecule has 4 aromatic rings. The minimum absolute atomic E-state index is 0.0579. The first-order valence-corrected chi connectivity index (χ1v) is 16.3. The molecule has 1 heterocycles. The van der Waals surface area contributed by atoms with Crippen molar-refractivity contribution in [2.45, 2.75) is 30.9 Å². The van der Waals surface area contributed by atoms with Crippen LogP contribution < -0.4 is 15.4 Å². The van der Waals surface area contributed by atoms with E-state index in [-0.39, 0.29) is 53.4 Å². The highest BCUT2D eigenvalue weighted by Gasteiger charge is 2.36. The van der Waals surface area contributed by atoms with Crippen molar-refractivity contribution in [3.63, 3.8) is 0 Å². The zero-order valence-corrected chi connectivity index (χ0v) is 26.7. The summed E-state index contributed by atoms with van der Waals surface area (Å²) in [5.74, 6) is -0.631. The first kappa shape index (κ1) is 32.2. The van der Waals surface area contributed by atoms with Gasteiger partial charge in [0.1, 0.15) is 6.10 Å². The summed E-state index contributed by atoms with van der Waals surface area (Å²) < 4.78 is 34.5.